The van der Waals surface area contributed by atoms with Gasteiger partial charge in [-0.25, -0.2) is 0 Å². The lowest BCUT2D eigenvalue weighted by Gasteiger charge is -2.30. The van der Waals surface area contributed by atoms with Crippen molar-refractivity contribution in [1.29, 1.82) is 0 Å². The van der Waals surface area contributed by atoms with Crippen LogP contribution in [0.15, 0.2) is 30.3 Å². The summed E-state index contributed by atoms with van der Waals surface area (Å²) < 4.78 is 0. The molecule has 1 aliphatic rings. The van der Waals surface area contributed by atoms with Gasteiger partial charge < -0.3 is 21.1 Å². The molecule has 3 unspecified atom stereocenters. The highest BCUT2D eigenvalue weighted by atomic mass is 16.3. The fourth-order valence-electron chi connectivity index (χ4n) is 3.42. The minimum Gasteiger partial charge on any atom is -0.394 e. The number of rotatable bonds is 9. The van der Waals surface area contributed by atoms with Crippen molar-refractivity contribution >= 4 is 11.6 Å². The molecule has 146 valence electrons. The average Bonchev–Trinajstić information content (AvgIpc) is 2.68. The van der Waals surface area contributed by atoms with E-state index in [-0.39, 0.29) is 6.54 Å². The normalized spacial score (nSPS) is 18.8. The molecule has 1 aromatic carbocycles. The van der Waals surface area contributed by atoms with Crippen LogP contribution in [0.5, 0.6) is 0 Å². The second-order valence-corrected chi connectivity index (χ2v) is 7.11. The van der Waals surface area contributed by atoms with Crippen LogP contribution in [0.4, 0.5) is 5.69 Å². The molecular weight excluding hydrogens is 334 g/mol. The Morgan fingerprint density at radius 1 is 1.19 bits per heavy atom. The molecule has 0 radical (unpaired) electrons. The Balaban J connectivity index is 1.95. The number of carbonyl (C=O) groups is 1. The summed E-state index contributed by atoms with van der Waals surface area (Å²) in [7, 11) is 0. The van der Waals surface area contributed by atoms with Gasteiger partial charge in [0, 0.05) is 6.04 Å². The van der Waals surface area contributed by atoms with Gasteiger partial charge in [0.05, 0.1) is 24.9 Å². The van der Waals surface area contributed by atoms with Crippen molar-refractivity contribution in [1.82, 2.24) is 5.43 Å². The summed E-state index contributed by atoms with van der Waals surface area (Å²) in [6.45, 7) is -0.431. The van der Waals surface area contributed by atoms with E-state index >= 15 is 0 Å². The molecule has 1 saturated carbocycles. The average molecular weight is 365 g/mol. The van der Waals surface area contributed by atoms with Gasteiger partial charge in [-0.2, -0.15) is 0 Å². The number of nitrogens with zero attached hydrogens (tertiary/aromatic N) is 1. The fourth-order valence-corrected chi connectivity index (χ4v) is 3.42. The monoisotopic (exact) mass is 365 g/mol. The van der Waals surface area contributed by atoms with Gasteiger partial charge in [0.15, 0.2) is 0 Å². The standard InChI is InChI=1S/C19H31N3O4/c20-17(11-14-7-3-1-4-8-14)18(25)19(26)21-22(12-16(24)13-23)15-9-5-2-6-10-15/h2,5-6,9-10,14,16-18,23-25H,1,3-4,7-8,11-13,20H2,(H,21,26). The van der Waals surface area contributed by atoms with Crippen LogP contribution >= 0.6 is 0 Å². The molecule has 0 aromatic heterocycles. The van der Waals surface area contributed by atoms with E-state index < -0.39 is 30.8 Å². The van der Waals surface area contributed by atoms with Crippen molar-refractivity contribution in [2.75, 3.05) is 18.2 Å². The number of hydrogen-bond donors (Lipinski definition) is 5. The molecule has 26 heavy (non-hydrogen) atoms. The lowest BCUT2D eigenvalue weighted by molar-refractivity contribution is -0.130. The Kier molecular flexibility index (Phi) is 8.31. The quantitative estimate of drug-likeness (QED) is 0.408. The van der Waals surface area contributed by atoms with Crippen LogP contribution in [0.1, 0.15) is 38.5 Å². The first-order valence-electron chi connectivity index (χ1n) is 9.37. The summed E-state index contributed by atoms with van der Waals surface area (Å²) in [5, 5.41) is 30.6. The number of amides is 1. The molecule has 0 saturated heterocycles. The topological polar surface area (TPSA) is 119 Å². The molecule has 6 N–H and O–H groups in total. The van der Waals surface area contributed by atoms with Crippen LogP contribution in [-0.2, 0) is 4.79 Å². The second kappa shape index (κ2) is 10.5. The Labute approximate surface area is 154 Å². The highest BCUT2D eigenvalue weighted by molar-refractivity contribution is 5.82. The van der Waals surface area contributed by atoms with Crippen molar-refractivity contribution in [2.24, 2.45) is 11.7 Å². The predicted octanol–water partition coefficient (Wildman–Crippen LogP) is 0.536. The van der Waals surface area contributed by atoms with E-state index in [1.54, 1.807) is 24.3 Å². The van der Waals surface area contributed by atoms with Crippen LogP contribution < -0.4 is 16.2 Å². The van der Waals surface area contributed by atoms with Gasteiger partial charge in [-0.3, -0.25) is 15.2 Å². The first-order chi connectivity index (χ1) is 12.5. The maximum absolute atomic E-state index is 12.5. The summed E-state index contributed by atoms with van der Waals surface area (Å²) in [5.74, 6) is -0.148. The molecule has 0 spiro atoms. The van der Waals surface area contributed by atoms with E-state index in [0.717, 1.165) is 12.8 Å². The van der Waals surface area contributed by atoms with E-state index in [4.69, 9.17) is 10.8 Å². The molecule has 0 heterocycles. The number of hydrazine groups is 1. The van der Waals surface area contributed by atoms with Crippen molar-refractivity contribution in [3.63, 3.8) is 0 Å². The first kappa shape index (κ1) is 20.6. The Morgan fingerprint density at radius 2 is 1.85 bits per heavy atom. The number of para-hydroxylation sites is 1. The first-order valence-corrected chi connectivity index (χ1v) is 9.37. The molecule has 1 amide bonds. The number of nitrogens with two attached hydrogens (primary N) is 1. The summed E-state index contributed by atoms with van der Waals surface area (Å²) in [5.41, 5.74) is 9.32. The van der Waals surface area contributed by atoms with Crippen LogP contribution in [-0.4, -0.2) is 52.6 Å². The summed E-state index contributed by atoms with van der Waals surface area (Å²) >= 11 is 0. The summed E-state index contributed by atoms with van der Waals surface area (Å²) in [6.07, 6.45) is 4.08. The maximum atomic E-state index is 12.5. The Morgan fingerprint density at radius 3 is 2.46 bits per heavy atom. The third-order valence-electron chi connectivity index (χ3n) is 4.92. The van der Waals surface area contributed by atoms with Crippen LogP contribution in [0.3, 0.4) is 0 Å². The summed E-state index contributed by atoms with van der Waals surface area (Å²) in [6, 6.07) is 8.33. The van der Waals surface area contributed by atoms with Gasteiger partial charge in [-0.05, 0) is 24.5 Å². The smallest absolute Gasteiger partial charge is 0.268 e. The maximum Gasteiger partial charge on any atom is 0.268 e. The number of hydrogen-bond acceptors (Lipinski definition) is 6. The van der Waals surface area contributed by atoms with Crippen LogP contribution in [0.25, 0.3) is 0 Å². The van der Waals surface area contributed by atoms with Gasteiger partial charge in [0.1, 0.15) is 6.10 Å². The van der Waals surface area contributed by atoms with Crippen molar-refractivity contribution < 1.29 is 20.1 Å². The number of nitrogens with one attached hydrogen (secondary N) is 1. The van der Waals surface area contributed by atoms with Gasteiger partial charge >= 0.3 is 0 Å². The molecule has 0 bridgehead atoms. The minimum absolute atomic E-state index is 0.00314. The third kappa shape index (κ3) is 6.25. The fraction of sp³-hybridized carbons (Fsp3) is 0.632. The lowest BCUT2D eigenvalue weighted by Crippen LogP contribution is -2.54. The number of aliphatic hydroxyl groups is 3. The van der Waals surface area contributed by atoms with E-state index in [9.17, 15) is 15.0 Å². The summed E-state index contributed by atoms with van der Waals surface area (Å²) in [4.78, 5) is 12.5. The highest BCUT2D eigenvalue weighted by Gasteiger charge is 2.28. The van der Waals surface area contributed by atoms with E-state index in [1.165, 1.54) is 24.3 Å². The lowest BCUT2D eigenvalue weighted by atomic mass is 9.84. The molecule has 2 rings (SSSR count). The molecule has 3 atom stereocenters. The van der Waals surface area contributed by atoms with Gasteiger partial charge in [-0.1, -0.05) is 50.3 Å². The zero-order valence-corrected chi connectivity index (χ0v) is 15.1. The van der Waals surface area contributed by atoms with Gasteiger partial charge in [0.2, 0.25) is 0 Å². The van der Waals surface area contributed by atoms with E-state index in [0.29, 0.717) is 18.0 Å². The SMILES string of the molecule is NC(CC1CCCCC1)C(O)C(=O)NN(CC(O)CO)c1ccccc1. The molecule has 1 aromatic rings. The van der Waals surface area contributed by atoms with Crippen LogP contribution in [0.2, 0.25) is 0 Å². The minimum atomic E-state index is -1.32. The zero-order chi connectivity index (χ0) is 18.9. The predicted molar refractivity (Wildman–Crippen MR) is 100 cm³/mol. The molecule has 1 fully saturated rings. The molecular formula is C19H31N3O4. The van der Waals surface area contributed by atoms with E-state index in [2.05, 4.69) is 5.43 Å². The number of aliphatic hydroxyl groups excluding tert-OH is 3. The number of carbonyl (C=O) groups excluding carboxylic acids is 1. The highest BCUT2D eigenvalue weighted by Crippen LogP contribution is 2.27. The van der Waals surface area contributed by atoms with E-state index in [1.807, 2.05) is 6.07 Å². The Hall–Kier alpha value is -1.67. The largest absolute Gasteiger partial charge is 0.394 e. The second-order valence-electron chi connectivity index (χ2n) is 7.11. The van der Waals surface area contributed by atoms with Crippen molar-refractivity contribution in [3.8, 4) is 0 Å². The molecule has 1 aliphatic carbocycles. The molecule has 0 aliphatic heterocycles. The third-order valence-corrected chi connectivity index (χ3v) is 4.92. The molecule has 7 heteroatoms. The van der Waals surface area contributed by atoms with Gasteiger partial charge in [0.25, 0.3) is 5.91 Å². The number of anilines is 1. The zero-order valence-electron chi connectivity index (χ0n) is 15.1. The molecule has 7 nitrogen and oxygen atoms in total. The number of benzene rings is 1. The van der Waals surface area contributed by atoms with Crippen LogP contribution in [0, 0.1) is 5.92 Å². The van der Waals surface area contributed by atoms with Gasteiger partial charge in [-0.15, -0.1) is 0 Å². The Bertz CT molecular complexity index is 537. The van der Waals surface area contributed by atoms with Crippen molar-refractivity contribution in [3.05, 3.63) is 30.3 Å². The van der Waals surface area contributed by atoms with Crippen molar-refractivity contribution in [2.45, 2.75) is 56.8 Å².